The van der Waals surface area contributed by atoms with Crippen LogP contribution in [0.1, 0.15) is 55.8 Å². The van der Waals surface area contributed by atoms with E-state index in [0.717, 1.165) is 40.7 Å². The number of hydrogen-bond acceptors (Lipinski definition) is 4. The van der Waals surface area contributed by atoms with Crippen LogP contribution in [-0.2, 0) is 4.79 Å². The number of aryl methyl sites for hydroxylation is 1. The molecule has 2 heterocycles. The first-order valence-corrected chi connectivity index (χ1v) is 10.3. The lowest BCUT2D eigenvalue weighted by atomic mass is 9.96. The molecule has 0 spiro atoms. The van der Waals surface area contributed by atoms with E-state index in [1.165, 1.54) is 5.56 Å². The minimum absolute atomic E-state index is 0.0149. The molecule has 0 bridgehead atoms. The van der Waals surface area contributed by atoms with Gasteiger partial charge >= 0.3 is 0 Å². The third-order valence-corrected chi connectivity index (χ3v) is 5.73. The molecule has 2 aromatic carbocycles. The van der Waals surface area contributed by atoms with Gasteiger partial charge in [-0.1, -0.05) is 49.7 Å². The second kappa shape index (κ2) is 8.11. The van der Waals surface area contributed by atoms with Crippen LogP contribution in [0.5, 0.6) is 0 Å². The lowest BCUT2D eigenvalue weighted by Gasteiger charge is -2.25. The van der Waals surface area contributed by atoms with Crippen molar-refractivity contribution in [3.8, 4) is 0 Å². The van der Waals surface area contributed by atoms with E-state index in [0.29, 0.717) is 6.42 Å². The van der Waals surface area contributed by atoms with Crippen LogP contribution in [0.2, 0.25) is 0 Å². The molecule has 1 aromatic heterocycles. The first-order valence-electron chi connectivity index (χ1n) is 10.3. The monoisotopic (exact) mass is 386 g/mol. The van der Waals surface area contributed by atoms with Crippen molar-refractivity contribution in [1.29, 1.82) is 0 Å². The highest BCUT2D eigenvalue weighted by Gasteiger charge is 2.35. The molecule has 5 nitrogen and oxygen atoms in total. The Hall–Kier alpha value is -3.08. The molecule has 0 saturated heterocycles. The van der Waals surface area contributed by atoms with E-state index in [1.54, 1.807) is 17.4 Å². The molecule has 148 valence electrons. The predicted octanol–water partition coefficient (Wildman–Crippen LogP) is 5.05. The molecule has 0 N–H and O–H groups in total. The topological polar surface area (TPSA) is 58.5 Å². The maximum Gasteiger partial charge on any atom is 0.246 e. The number of nitrogens with zero attached hydrogens (tertiary/aromatic N) is 4. The van der Waals surface area contributed by atoms with Crippen molar-refractivity contribution in [2.75, 3.05) is 0 Å². The minimum atomic E-state index is -0.120. The number of carbonyl (C=O) groups excluding carboxylic acids is 1. The number of hydrogen-bond donors (Lipinski definition) is 0. The maximum absolute atomic E-state index is 13.3. The zero-order valence-corrected chi connectivity index (χ0v) is 17.2. The molecule has 4 rings (SSSR count). The van der Waals surface area contributed by atoms with Crippen molar-refractivity contribution in [1.82, 2.24) is 15.0 Å². The maximum atomic E-state index is 13.3. The quantitative estimate of drug-likeness (QED) is 0.616. The van der Waals surface area contributed by atoms with E-state index >= 15 is 0 Å². The van der Waals surface area contributed by atoms with Crippen molar-refractivity contribution in [3.05, 3.63) is 71.5 Å². The van der Waals surface area contributed by atoms with Crippen molar-refractivity contribution in [2.24, 2.45) is 11.0 Å². The number of hydrazone groups is 1. The average molecular weight is 386 g/mol. The van der Waals surface area contributed by atoms with Gasteiger partial charge in [-0.05, 0) is 43.0 Å². The molecule has 1 atom stereocenters. The fraction of sp³-hybridized carbons (Fsp3) is 0.333. The van der Waals surface area contributed by atoms with E-state index in [4.69, 9.17) is 5.10 Å². The summed E-state index contributed by atoms with van der Waals surface area (Å²) in [5.74, 6) is 0.0835. The summed E-state index contributed by atoms with van der Waals surface area (Å²) in [5.41, 5.74) is 5.97. The molecule has 0 radical (unpaired) electrons. The summed E-state index contributed by atoms with van der Waals surface area (Å²) >= 11 is 0. The van der Waals surface area contributed by atoms with Crippen LogP contribution < -0.4 is 0 Å². The second-order valence-electron chi connectivity index (χ2n) is 7.63. The zero-order chi connectivity index (χ0) is 20.4. The van der Waals surface area contributed by atoms with Gasteiger partial charge in [-0.3, -0.25) is 14.8 Å². The summed E-state index contributed by atoms with van der Waals surface area (Å²) in [4.78, 5) is 22.1. The van der Waals surface area contributed by atoms with Gasteiger partial charge in [-0.2, -0.15) is 5.10 Å². The van der Waals surface area contributed by atoms with Gasteiger partial charge in [0.15, 0.2) is 0 Å². The molecule has 5 heteroatoms. The minimum Gasteiger partial charge on any atom is -0.273 e. The number of benzene rings is 2. The fourth-order valence-corrected chi connectivity index (χ4v) is 3.91. The summed E-state index contributed by atoms with van der Waals surface area (Å²) in [6.07, 6.45) is 5.72. The van der Waals surface area contributed by atoms with Crippen molar-refractivity contribution < 1.29 is 4.79 Å². The first kappa shape index (κ1) is 19.2. The van der Waals surface area contributed by atoms with Crippen molar-refractivity contribution in [3.63, 3.8) is 0 Å². The summed E-state index contributed by atoms with van der Waals surface area (Å²) in [5, 5.41) is 6.52. The van der Waals surface area contributed by atoms with Crippen LogP contribution in [0.15, 0.2) is 60.0 Å². The number of aromatic nitrogens is 2. The summed E-state index contributed by atoms with van der Waals surface area (Å²) in [7, 11) is 0. The molecule has 1 aliphatic rings. The Morgan fingerprint density at radius 2 is 1.72 bits per heavy atom. The van der Waals surface area contributed by atoms with Crippen LogP contribution in [0.4, 0.5) is 0 Å². The van der Waals surface area contributed by atoms with Crippen LogP contribution >= 0.6 is 0 Å². The summed E-state index contributed by atoms with van der Waals surface area (Å²) < 4.78 is 0. The Bertz CT molecular complexity index is 1050. The van der Waals surface area contributed by atoms with Gasteiger partial charge in [-0.25, -0.2) is 5.01 Å². The Morgan fingerprint density at radius 3 is 2.41 bits per heavy atom. The molecule has 0 aliphatic carbocycles. The molecular weight excluding hydrogens is 360 g/mol. The smallest absolute Gasteiger partial charge is 0.246 e. The first-order chi connectivity index (χ1) is 14.1. The molecule has 0 fully saturated rings. The van der Waals surface area contributed by atoms with E-state index in [9.17, 15) is 4.79 Å². The van der Waals surface area contributed by atoms with Gasteiger partial charge < -0.3 is 0 Å². The lowest BCUT2D eigenvalue weighted by molar-refractivity contribution is -0.137. The van der Waals surface area contributed by atoms with Crippen LogP contribution in [0, 0.1) is 12.8 Å². The number of rotatable bonds is 5. The predicted molar refractivity (Wildman–Crippen MR) is 116 cm³/mol. The molecule has 1 aliphatic heterocycles. The van der Waals surface area contributed by atoms with Crippen LogP contribution in [0.25, 0.3) is 11.0 Å². The highest BCUT2D eigenvalue weighted by molar-refractivity contribution is 6.03. The van der Waals surface area contributed by atoms with Crippen LogP contribution in [-0.4, -0.2) is 26.6 Å². The van der Waals surface area contributed by atoms with E-state index in [2.05, 4.69) is 55.0 Å². The molecular formula is C24H26N4O. The molecule has 1 amide bonds. The highest BCUT2D eigenvalue weighted by Crippen LogP contribution is 2.35. The van der Waals surface area contributed by atoms with E-state index in [1.807, 2.05) is 18.2 Å². The molecule has 0 saturated carbocycles. The Labute approximate surface area is 171 Å². The van der Waals surface area contributed by atoms with Gasteiger partial charge in [0.2, 0.25) is 5.91 Å². The number of carbonyl (C=O) groups is 1. The third kappa shape index (κ3) is 3.77. The largest absolute Gasteiger partial charge is 0.273 e. The normalized spacial score (nSPS) is 16.5. The number of fused-ring (bicyclic) bond motifs is 1. The van der Waals surface area contributed by atoms with Crippen LogP contribution in [0.3, 0.4) is 0 Å². The van der Waals surface area contributed by atoms with Crippen molar-refractivity contribution >= 4 is 22.7 Å². The standard InChI is InChI=1S/C24H26N4O/c1-4-17(5-2)24(29)28-23(15-21(27-28)18-8-6-16(3)7-9-18)19-10-11-20-22(14-19)26-13-12-25-20/h6-14,17,23H,4-5,15H2,1-3H3/t23-/m0/s1. The van der Waals surface area contributed by atoms with E-state index in [-0.39, 0.29) is 17.9 Å². The van der Waals surface area contributed by atoms with Gasteiger partial charge in [0.1, 0.15) is 0 Å². The van der Waals surface area contributed by atoms with E-state index < -0.39 is 0 Å². The van der Waals surface area contributed by atoms with Gasteiger partial charge in [0.05, 0.1) is 22.8 Å². The number of amides is 1. The average Bonchev–Trinajstić information content (AvgIpc) is 3.20. The molecule has 29 heavy (non-hydrogen) atoms. The second-order valence-corrected chi connectivity index (χ2v) is 7.63. The fourth-order valence-electron chi connectivity index (χ4n) is 3.91. The molecule has 0 unspecified atom stereocenters. The SMILES string of the molecule is CCC(CC)C(=O)N1N=C(c2ccc(C)cc2)C[C@H]1c1ccc2nccnc2c1. The Morgan fingerprint density at radius 1 is 1.03 bits per heavy atom. The summed E-state index contributed by atoms with van der Waals surface area (Å²) in [6.45, 7) is 6.20. The third-order valence-electron chi connectivity index (χ3n) is 5.73. The lowest BCUT2D eigenvalue weighted by Crippen LogP contribution is -2.32. The van der Waals surface area contributed by atoms with Gasteiger partial charge in [0, 0.05) is 24.7 Å². The van der Waals surface area contributed by atoms with Crippen molar-refractivity contribution in [2.45, 2.75) is 46.1 Å². The van der Waals surface area contributed by atoms with Gasteiger partial charge in [-0.15, -0.1) is 0 Å². The zero-order valence-electron chi connectivity index (χ0n) is 17.2. The Kier molecular flexibility index (Phi) is 5.38. The molecule has 3 aromatic rings. The Balaban J connectivity index is 1.73. The van der Waals surface area contributed by atoms with Gasteiger partial charge in [0.25, 0.3) is 0 Å². The summed E-state index contributed by atoms with van der Waals surface area (Å²) in [6, 6.07) is 14.3. The highest BCUT2D eigenvalue weighted by atomic mass is 16.2.